The van der Waals surface area contributed by atoms with Crippen LogP contribution in [-0.4, -0.2) is 73.7 Å². The summed E-state index contributed by atoms with van der Waals surface area (Å²) in [6, 6.07) is 0.365. The maximum absolute atomic E-state index is 12.4. The first-order valence-electron chi connectivity index (χ1n) is 9.16. The highest BCUT2D eigenvalue weighted by Crippen LogP contribution is 2.23. The fourth-order valence-electron chi connectivity index (χ4n) is 3.99. The van der Waals surface area contributed by atoms with E-state index in [-0.39, 0.29) is 18.1 Å². The molecular weight excluding hydrogens is 290 g/mol. The number of carbonyl (C=O) groups excluding carboxylic acids is 1. The van der Waals surface area contributed by atoms with Crippen molar-refractivity contribution in [3.8, 4) is 0 Å². The van der Waals surface area contributed by atoms with E-state index in [1.54, 1.807) is 0 Å². The molecule has 0 unspecified atom stereocenters. The first kappa shape index (κ1) is 16.9. The quantitative estimate of drug-likeness (QED) is 0.778. The topological polar surface area (TPSA) is 44.8 Å². The number of rotatable bonds is 5. The molecule has 1 amide bonds. The van der Waals surface area contributed by atoms with E-state index in [4.69, 9.17) is 4.74 Å². The molecule has 5 heteroatoms. The number of nitrogens with zero attached hydrogens (tertiary/aromatic N) is 2. The third-order valence-corrected chi connectivity index (χ3v) is 5.66. The number of hydrogen-bond acceptors (Lipinski definition) is 4. The second-order valence-corrected chi connectivity index (χ2v) is 7.24. The summed E-state index contributed by atoms with van der Waals surface area (Å²) in [5, 5.41) is 3.12. The van der Waals surface area contributed by atoms with Crippen LogP contribution in [0.2, 0.25) is 0 Å². The Bertz CT molecular complexity index is 452. The normalized spacial score (nSPS) is 30.6. The molecule has 0 spiro atoms. The molecule has 23 heavy (non-hydrogen) atoms. The molecule has 1 N–H and O–H groups in total. The molecular formula is C18H31N3O2. The van der Waals surface area contributed by atoms with Gasteiger partial charge in [0.25, 0.3) is 0 Å². The number of hydrogen-bond donors (Lipinski definition) is 1. The lowest BCUT2D eigenvalue weighted by Crippen LogP contribution is -2.48. The molecule has 1 aliphatic carbocycles. The molecule has 0 aromatic carbocycles. The molecule has 2 heterocycles. The first-order chi connectivity index (χ1) is 11.1. The van der Waals surface area contributed by atoms with Crippen LogP contribution in [0.15, 0.2) is 11.6 Å². The third-order valence-electron chi connectivity index (χ3n) is 5.66. The van der Waals surface area contributed by atoms with Gasteiger partial charge in [-0.25, -0.2) is 0 Å². The summed E-state index contributed by atoms with van der Waals surface area (Å²) >= 11 is 0. The van der Waals surface area contributed by atoms with Crippen LogP contribution >= 0.6 is 0 Å². The second kappa shape index (κ2) is 7.77. The molecule has 5 nitrogen and oxygen atoms in total. The number of carbonyl (C=O) groups is 1. The molecule has 0 aromatic rings. The average Bonchev–Trinajstić information content (AvgIpc) is 3.00. The number of ether oxygens (including phenoxy) is 1. The van der Waals surface area contributed by atoms with Crippen molar-refractivity contribution in [2.75, 3.05) is 39.8 Å². The lowest BCUT2D eigenvalue weighted by atomic mass is 9.97. The molecule has 2 saturated heterocycles. The number of likely N-dealkylation sites (N-methyl/N-ethyl adjacent to an activating group) is 1. The van der Waals surface area contributed by atoms with Crippen molar-refractivity contribution in [3.05, 3.63) is 11.6 Å². The Kier molecular flexibility index (Phi) is 5.72. The molecule has 2 aliphatic heterocycles. The monoisotopic (exact) mass is 321 g/mol. The van der Waals surface area contributed by atoms with Gasteiger partial charge in [-0.15, -0.1) is 0 Å². The summed E-state index contributed by atoms with van der Waals surface area (Å²) < 4.78 is 5.87. The van der Waals surface area contributed by atoms with Crippen LogP contribution in [-0.2, 0) is 9.53 Å². The van der Waals surface area contributed by atoms with Crippen molar-refractivity contribution >= 4 is 5.91 Å². The highest BCUT2D eigenvalue weighted by Gasteiger charge is 2.41. The predicted molar refractivity (Wildman–Crippen MR) is 91.4 cm³/mol. The van der Waals surface area contributed by atoms with Crippen molar-refractivity contribution in [2.45, 2.75) is 57.2 Å². The zero-order valence-electron chi connectivity index (χ0n) is 14.6. The Hall–Kier alpha value is -0.910. The minimum absolute atomic E-state index is 0.0714. The van der Waals surface area contributed by atoms with E-state index in [1.165, 1.54) is 31.3 Å². The minimum Gasteiger partial charge on any atom is -0.374 e. The molecule has 3 aliphatic rings. The van der Waals surface area contributed by atoms with E-state index in [0.29, 0.717) is 6.04 Å². The van der Waals surface area contributed by atoms with E-state index >= 15 is 0 Å². The van der Waals surface area contributed by atoms with Gasteiger partial charge in [0.05, 0.1) is 18.8 Å². The van der Waals surface area contributed by atoms with Crippen LogP contribution < -0.4 is 5.32 Å². The van der Waals surface area contributed by atoms with Crippen molar-refractivity contribution < 1.29 is 9.53 Å². The number of likely N-dealkylation sites (tertiary alicyclic amines) is 1. The van der Waals surface area contributed by atoms with Gasteiger partial charge in [0.2, 0.25) is 5.91 Å². The highest BCUT2D eigenvalue weighted by molar-refractivity contribution is 5.81. The molecule has 0 aromatic heterocycles. The number of amides is 1. The van der Waals surface area contributed by atoms with Gasteiger partial charge in [0, 0.05) is 32.2 Å². The summed E-state index contributed by atoms with van der Waals surface area (Å²) in [7, 11) is 2.16. The summed E-state index contributed by atoms with van der Waals surface area (Å²) in [6.07, 6.45) is 8.68. The number of nitrogens with one attached hydrogen (secondary N) is 1. The van der Waals surface area contributed by atoms with Crippen LogP contribution in [0, 0.1) is 0 Å². The van der Waals surface area contributed by atoms with E-state index in [2.05, 4.69) is 28.2 Å². The maximum atomic E-state index is 12.4. The molecule has 0 radical (unpaired) electrons. The Morgan fingerprint density at radius 3 is 3.04 bits per heavy atom. The minimum atomic E-state index is -0.0714. The molecule has 0 bridgehead atoms. The number of allylic oxidation sites excluding steroid dienone is 1. The summed E-state index contributed by atoms with van der Waals surface area (Å²) in [4.78, 5) is 17.1. The van der Waals surface area contributed by atoms with E-state index in [0.717, 1.165) is 39.2 Å². The summed E-state index contributed by atoms with van der Waals surface area (Å²) in [6.45, 7) is 6.39. The lowest BCUT2D eigenvalue weighted by molar-refractivity contribution is -0.125. The van der Waals surface area contributed by atoms with Gasteiger partial charge in [-0.2, -0.15) is 0 Å². The number of fused-ring (bicyclic) bond motifs is 1. The molecule has 130 valence electrons. The maximum Gasteiger partial charge on any atom is 0.237 e. The van der Waals surface area contributed by atoms with Gasteiger partial charge >= 0.3 is 0 Å². The summed E-state index contributed by atoms with van der Waals surface area (Å²) in [5.41, 5.74) is 1.52. The Labute approximate surface area is 140 Å². The van der Waals surface area contributed by atoms with Gasteiger partial charge in [0.1, 0.15) is 0 Å². The van der Waals surface area contributed by atoms with E-state index in [1.807, 2.05) is 6.92 Å². The molecule has 3 rings (SSSR count). The van der Waals surface area contributed by atoms with E-state index in [9.17, 15) is 4.79 Å². The Morgan fingerprint density at radius 2 is 2.30 bits per heavy atom. The average molecular weight is 321 g/mol. The second-order valence-electron chi connectivity index (χ2n) is 7.24. The lowest BCUT2D eigenvalue weighted by Gasteiger charge is -2.33. The van der Waals surface area contributed by atoms with Crippen LogP contribution in [0.25, 0.3) is 0 Å². The molecule has 2 fully saturated rings. The largest absolute Gasteiger partial charge is 0.374 e. The third kappa shape index (κ3) is 4.14. The summed E-state index contributed by atoms with van der Waals surface area (Å²) in [5.74, 6) is 0.155. The Balaban J connectivity index is 1.43. The van der Waals surface area contributed by atoms with Crippen LogP contribution in [0.4, 0.5) is 0 Å². The van der Waals surface area contributed by atoms with Gasteiger partial charge in [-0.1, -0.05) is 11.6 Å². The SMILES string of the molecule is C[C@H](C(=O)NCCC1=CCCCC1)N1C[C@@H]2[C@@H](C1)OCCN2C. The first-order valence-corrected chi connectivity index (χ1v) is 9.16. The standard InChI is InChI=1S/C18H31N3O2/c1-14(18(22)19-9-8-15-6-4-3-5-7-15)21-12-16-17(13-21)23-11-10-20(16)2/h6,14,16-17H,3-5,7-13H2,1-2H3,(H,19,22)/t14-,16-,17-/m1/s1. The fourth-order valence-corrected chi connectivity index (χ4v) is 3.99. The van der Waals surface area contributed by atoms with Gasteiger partial charge in [-0.05, 0) is 46.1 Å². The zero-order chi connectivity index (χ0) is 16.2. The van der Waals surface area contributed by atoms with Crippen molar-refractivity contribution in [1.82, 2.24) is 15.1 Å². The predicted octanol–water partition coefficient (Wildman–Crippen LogP) is 1.40. The van der Waals surface area contributed by atoms with Crippen molar-refractivity contribution in [2.24, 2.45) is 0 Å². The smallest absolute Gasteiger partial charge is 0.237 e. The molecule has 3 atom stereocenters. The van der Waals surface area contributed by atoms with Gasteiger partial charge in [0.15, 0.2) is 0 Å². The van der Waals surface area contributed by atoms with E-state index < -0.39 is 0 Å². The van der Waals surface area contributed by atoms with Gasteiger partial charge < -0.3 is 10.1 Å². The number of morpholine rings is 1. The molecule has 0 saturated carbocycles. The van der Waals surface area contributed by atoms with Crippen molar-refractivity contribution in [1.29, 1.82) is 0 Å². The van der Waals surface area contributed by atoms with Crippen LogP contribution in [0.1, 0.15) is 39.0 Å². The van der Waals surface area contributed by atoms with Crippen LogP contribution in [0.3, 0.4) is 0 Å². The van der Waals surface area contributed by atoms with Crippen molar-refractivity contribution in [3.63, 3.8) is 0 Å². The highest BCUT2D eigenvalue weighted by atomic mass is 16.5. The van der Waals surface area contributed by atoms with Gasteiger partial charge in [-0.3, -0.25) is 14.6 Å². The Morgan fingerprint density at radius 1 is 1.43 bits per heavy atom. The fraction of sp³-hybridized carbons (Fsp3) is 0.833. The zero-order valence-corrected chi connectivity index (χ0v) is 14.6. The van der Waals surface area contributed by atoms with Crippen LogP contribution in [0.5, 0.6) is 0 Å².